The molecule has 8 nitrogen and oxygen atoms in total. The molecule has 0 spiro atoms. The summed E-state index contributed by atoms with van der Waals surface area (Å²) in [6.45, 7) is 5.87. The number of aromatic nitrogens is 5. The molecule has 8 heteroatoms. The molecule has 6 rings (SSSR count). The van der Waals surface area contributed by atoms with Gasteiger partial charge in [0.1, 0.15) is 5.82 Å². The molecule has 0 aliphatic carbocycles. The van der Waals surface area contributed by atoms with Crippen LogP contribution in [-0.2, 0) is 4.74 Å². The van der Waals surface area contributed by atoms with E-state index >= 15 is 0 Å². The molecule has 0 amide bonds. The van der Waals surface area contributed by atoms with E-state index in [4.69, 9.17) is 14.8 Å². The minimum absolute atomic E-state index is 0.608. The Morgan fingerprint density at radius 3 is 2.35 bits per heavy atom. The van der Waals surface area contributed by atoms with Crippen LogP contribution in [0, 0.1) is 0 Å². The highest BCUT2D eigenvalue weighted by Crippen LogP contribution is 2.24. The molecule has 0 atom stereocenters. The number of hydrogen-bond acceptors (Lipinski definition) is 7. The van der Waals surface area contributed by atoms with Crippen molar-refractivity contribution in [2.24, 2.45) is 0 Å². The van der Waals surface area contributed by atoms with Gasteiger partial charge in [0.25, 0.3) is 0 Å². The quantitative estimate of drug-likeness (QED) is 0.509. The monoisotopic (exact) mass is 413 g/mol. The van der Waals surface area contributed by atoms with Crippen LogP contribution < -0.4 is 4.90 Å². The number of hydrogen-bond donors (Lipinski definition) is 0. The van der Waals surface area contributed by atoms with Crippen molar-refractivity contribution in [2.45, 2.75) is 6.04 Å². The number of ether oxygens (including phenoxy) is 1. The molecule has 0 saturated carbocycles. The van der Waals surface area contributed by atoms with Crippen molar-refractivity contribution in [2.75, 3.05) is 44.3 Å². The molecular formula is C23H23N7O. The number of rotatable bonds is 4. The van der Waals surface area contributed by atoms with Gasteiger partial charge in [-0.3, -0.25) is 9.88 Å². The molecule has 4 aromatic heterocycles. The van der Waals surface area contributed by atoms with Crippen LogP contribution in [0.1, 0.15) is 0 Å². The summed E-state index contributed by atoms with van der Waals surface area (Å²) in [5.74, 6) is 1.02. The first-order valence-corrected chi connectivity index (χ1v) is 10.6. The van der Waals surface area contributed by atoms with Gasteiger partial charge in [-0.15, -0.1) is 0 Å². The third-order valence-corrected chi connectivity index (χ3v) is 6.16. The van der Waals surface area contributed by atoms with Crippen LogP contribution in [0.25, 0.3) is 28.2 Å². The van der Waals surface area contributed by atoms with E-state index in [1.165, 1.54) is 0 Å². The fourth-order valence-corrected chi connectivity index (χ4v) is 4.22. The molecule has 0 N–H and O–H groups in total. The maximum Gasteiger partial charge on any atom is 0.154 e. The van der Waals surface area contributed by atoms with Gasteiger partial charge in [0.05, 0.1) is 36.8 Å². The lowest BCUT2D eigenvalue weighted by atomic mass is 10.1. The Morgan fingerprint density at radius 2 is 1.65 bits per heavy atom. The van der Waals surface area contributed by atoms with Crippen molar-refractivity contribution < 1.29 is 4.74 Å². The van der Waals surface area contributed by atoms with E-state index in [2.05, 4.69) is 31.9 Å². The molecule has 0 aromatic carbocycles. The van der Waals surface area contributed by atoms with E-state index in [0.717, 1.165) is 73.4 Å². The predicted molar refractivity (Wildman–Crippen MR) is 118 cm³/mol. The summed E-state index contributed by atoms with van der Waals surface area (Å²) in [6.07, 6.45) is 7.33. The van der Waals surface area contributed by atoms with Gasteiger partial charge in [-0.25, -0.2) is 14.5 Å². The minimum Gasteiger partial charge on any atom is -0.378 e. The van der Waals surface area contributed by atoms with Crippen LogP contribution >= 0.6 is 0 Å². The summed E-state index contributed by atoms with van der Waals surface area (Å²) in [6, 6.07) is 12.7. The van der Waals surface area contributed by atoms with Crippen LogP contribution in [-0.4, -0.2) is 74.9 Å². The second kappa shape index (κ2) is 7.72. The van der Waals surface area contributed by atoms with Crippen molar-refractivity contribution >= 4 is 11.5 Å². The van der Waals surface area contributed by atoms with Crippen LogP contribution in [0.4, 0.5) is 5.82 Å². The van der Waals surface area contributed by atoms with Crippen LogP contribution in [0.2, 0.25) is 0 Å². The lowest BCUT2D eigenvalue weighted by molar-refractivity contribution is -0.0660. The molecular weight excluding hydrogens is 390 g/mol. The Kier molecular flexibility index (Phi) is 4.58. The second-order valence-electron chi connectivity index (χ2n) is 7.99. The molecule has 2 fully saturated rings. The molecule has 31 heavy (non-hydrogen) atoms. The van der Waals surface area contributed by atoms with Crippen molar-refractivity contribution in [3.05, 3.63) is 61.2 Å². The zero-order chi connectivity index (χ0) is 20.6. The Morgan fingerprint density at radius 1 is 0.806 bits per heavy atom. The highest BCUT2D eigenvalue weighted by molar-refractivity contribution is 5.66. The first-order chi connectivity index (χ1) is 15.3. The fourth-order valence-electron chi connectivity index (χ4n) is 4.22. The fraction of sp³-hybridized carbons (Fsp3) is 0.304. The largest absolute Gasteiger partial charge is 0.378 e. The number of fused-ring (bicyclic) bond motifs is 1. The summed E-state index contributed by atoms with van der Waals surface area (Å²) >= 11 is 0. The molecule has 0 unspecified atom stereocenters. The molecule has 156 valence electrons. The first-order valence-electron chi connectivity index (χ1n) is 10.6. The van der Waals surface area contributed by atoms with Gasteiger partial charge in [-0.1, -0.05) is 0 Å². The van der Waals surface area contributed by atoms with Crippen molar-refractivity contribution in [3.8, 4) is 22.5 Å². The zero-order valence-corrected chi connectivity index (χ0v) is 17.1. The van der Waals surface area contributed by atoms with E-state index in [1.807, 2.05) is 41.2 Å². The summed E-state index contributed by atoms with van der Waals surface area (Å²) in [5, 5.41) is 4.80. The Balaban J connectivity index is 1.23. The van der Waals surface area contributed by atoms with Gasteiger partial charge in [0, 0.05) is 55.9 Å². The maximum absolute atomic E-state index is 5.33. The topological polar surface area (TPSA) is 71.7 Å². The lowest BCUT2D eigenvalue weighted by Gasteiger charge is -2.42. The highest BCUT2D eigenvalue weighted by atomic mass is 16.5. The SMILES string of the molecule is c1cc(-c2ccc3ncc(-c4ccc(N5CCN(C6COC6)CC5)nc4)n3n2)ccn1. The summed E-state index contributed by atoms with van der Waals surface area (Å²) in [7, 11) is 0. The molecule has 6 heterocycles. The highest BCUT2D eigenvalue weighted by Gasteiger charge is 2.29. The van der Waals surface area contributed by atoms with E-state index in [-0.39, 0.29) is 0 Å². The molecule has 0 radical (unpaired) electrons. The Bertz CT molecular complexity index is 1180. The number of anilines is 1. The minimum atomic E-state index is 0.608. The Hall–Kier alpha value is -3.36. The number of imidazole rings is 1. The van der Waals surface area contributed by atoms with Crippen LogP contribution in [0.15, 0.2) is 61.2 Å². The van der Waals surface area contributed by atoms with Crippen molar-refractivity contribution in [1.29, 1.82) is 0 Å². The lowest BCUT2D eigenvalue weighted by Crippen LogP contribution is -2.56. The summed E-state index contributed by atoms with van der Waals surface area (Å²) in [5.41, 5.74) is 4.65. The number of nitrogens with zero attached hydrogens (tertiary/aromatic N) is 7. The first kappa shape index (κ1) is 18.4. The summed E-state index contributed by atoms with van der Waals surface area (Å²) in [4.78, 5) is 18.2. The molecule has 2 aliphatic heterocycles. The molecule has 2 saturated heterocycles. The maximum atomic E-state index is 5.33. The average molecular weight is 413 g/mol. The second-order valence-corrected chi connectivity index (χ2v) is 7.99. The van der Waals surface area contributed by atoms with Gasteiger partial charge < -0.3 is 9.64 Å². The average Bonchev–Trinajstić information content (AvgIpc) is 3.22. The molecule has 0 bridgehead atoms. The normalized spacial score (nSPS) is 17.7. The molecule has 2 aliphatic rings. The standard InChI is InChI=1S/C23H23N7O/c1-3-22(29-11-9-28(10-12-29)19-15-31-16-19)25-13-18(1)21-14-26-23-4-2-20(27-30(21)23)17-5-7-24-8-6-17/h1-8,13-14,19H,9-12,15-16H2. The van der Waals surface area contributed by atoms with Gasteiger partial charge >= 0.3 is 0 Å². The van der Waals surface area contributed by atoms with E-state index < -0.39 is 0 Å². The van der Waals surface area contributed by atoms with E-state index in [9.17, 15) is 0 Å². The van der Waals surface area contributed by atoms with Crippen LogP contribution in [0.5, 0.6) is 0 Å². The number of pyridine rings is 2. The zero-order valence-electron chi connectivity index (χ0n) is 17.1. The molecule has 4 aromatic rings. The van der Waals surface area contributed by atoms with Gasteiger partial charge in [0.15, 0.2) is 5.65 Å². The van der Waals surface area contributed by atoms with E-state index in [0.29, 0.717) is 6.04 Å². The third-order valence-electron chi connectivity index (χ3n) is 6.16. The van der Waals surface area contributed by atoms with Gasteiger partial charge in [-0.05, 0) is 36.4 Å². The third kappa shape index (κ3) is 3.43. The Labute approximate surface area is 180 Å². The number of piperazine rings is 1. The van der Waals surface area contributed by atoms with Gasteiger partial charge in [-0.2, -0.15) is 5.10 Å². The van der Waals surface area contributed by atoms with Crippen LogP contribution in [0.3, 0.4) is 0 Å². The van der Waals surface area contributed by atoms with Crippen molar-refractivity contribution in [3.63, 3.8) is 0 Å². The van der Waals surface area contributed by atoms with Gasteiger partial charge in [0.2, 0.25) is 0 Å². The smallest absolute Gasteiger partial charge is 0.154 e. The predicted octanol–water partition coefficient (Wildman–Crippen LogP) is 2.37. The van der Waals surface area contributed by atoms with Crippen molar-refractivity contribution in [1.82, 2.24) is 29.5 Å². The summed E-state index contributed by atoms with van der Waals surface area (Å²) < 4.78 is 7.21. The van der Waals surface area contributed by atoms with E-state index in [1.54, 1.807) is 12.4 Å².